The fraction of sp³-hybridized carbons (Fsp3) is 0.200. The zero-order valence-corrected chi connectivity index (χ0v) is 8.78. The normalized spacial score (nSPS) is 11.8. The van der Waals surface area contributed by atoms with Gasteiger partial charge in [-0.25, -0.2) is 0 Å². The van der Waals surface area contributed by atoms with Crippen LogP contribution in [-0.4, -0.2) is 16.9 Å². The van der Waals surface area contributed by atoms with Gasteiger partial charge in [0.2, 0.25) is 0 Å². The SMILES string of the molecule is CO[SiH2]CC=Cc1ccccc1. The van der Waals surface area contributed by atoms with E-state index >= 15 is 0 Å². The van der Waals surface area contributed by atoms with Crippen LogP contribution < -0.4 is 0 Å². The van der Waals surface area contributed by atoms with Gasteiger partial charge in [-0.05, 0) is 11.6 Å². The largest absolute Gasteiger partial charge is 0.427 e. The van der Waals surface area contributed by atoms with Gasteiger partial charge in [-0.2, -0.15) is 0 Å². The van der Waals surface area contributed by atoms with Gasteiger partial charge < -0.3 is 4.43 Å². The summed E-state index contributed by atoms with van der Waals surface area (Å²) in [4.78, 5) is 0. The predicted octanol–water partition coefficient (Wildman–Crippen LogP) is 1.85. The molecule has 0 aliphatic carbocycles. The molecule has 0 bridgehead atoms. The van der Waals surface area contributed by atoms with Crippen molar-refractivity contribution in [3.05, 3.63) is 42.0 Å². The summed E-state index contributed by atoms with van der Waals surface area (Å²) in [5, 5.41) is 0. The molecule has 2 heteroatoms. The summed E-state index contributed by atoms with van der Waals surface area (Å²) < 4.78 is 5.07. The molecule has 0 saturated heterocycles. The summed E-state index contributed by atoms with van der Waals surface area (Å²) in [5.41, 5.74) is 1.27. The minimum Gasteiger partial charge on any atom is -0.427 e. The molecule has 1 aromatic carbocycles. The first-order valence-electron chi connectivity index (χ1n) is 4.14. The molecule has 0 fully saturated rings. The fourth-order valence-electron chi connectivity index (χ4n) is 0.969. The van der Waals surface area contributed by atoms with Gasteiger partial charge in [0.1, 0.15) is 0 Å². The van der Waals surface area contributed by atoms with Crippen LogP contribution >= 0.6 is 0 Å². The van der Waals surface area contributed by atoms with Crippen LogP contribution in [0.4, 0.5) is 0 Å². The van der Waals surface area contributed by atoms with E-state index in [1.807, 2.05) is 18.2 Å². The molecule has 0 unspecified atom stereocenters. The Bertz CT molecular complexity index is 231. The Morgan fingerprint density at radius 1 is 1.33 bits per heavy atom. The molecule has 1 aromatic rings. The van der Waals surface area contributed by atoms with E-state index in [0.29, 0.717) is 0 Å². The number of rotatable bonds is 4. The van der Waals surface area contributed by atoms with E-state index in [1.54, 1.807) is 7.11 Å². The van der Waals surface area contributed by atoms with Crippen molar-refractivity contribution < 1.29 is 4.43 Å². The minimum absolute atomic E-state index is 0.281. The Kier molecular flexibility index (Phi) is 4.42. The van der Waals surface area contributed by atoms with E-state index < -0.39 is 0 Å². The van der Waals surface area contributed by atoms with Crippen molar-refractivity contribution in [3.63, 3.8) is 0 Å². The lowest BCUT2D eigenvalue weighted by atomic mass is 10.2. The first kappa shape index (κ1) is 9.23. The lowest BCUT2D eigenvalue weighted by molar-refractivity contribution is 0.443. The number of hydrogen-bond donors (Lipinski definition) is 0. The third-order valence-electron chi connectivity index (χ3n) is 1.60. The van der Waals surface area contributed by atoms with Crippen molar-refractivity contribution in [2.45, 2.75) is 6.04 Å². The first-order chi connectivity index (χ1) is 5.93. The molecular weight excluding hydrogens is 164 g/mol. The van der Waals surface area contributed by atoms with Gasteiger partial charge >= 0.3 is 0 Å². The Balaban J connectivity index is 2.36. The molecule has 0 saturated carbocycles. The van der Waals surface area contributed by atoms with Crippen molar-refractivity contribution in [1.82, 2.24) is 0 Å². The van der Waals surface area contributed by atoms with Crippen LogP contribution in [0.5, 0.6) is 0 Å². The molecule has 0 aromatic heterocycles. The number of hydrogen-bond acceptors (Lipinski definition) is 1. The van der Waals surface area contributed by atoms with E-state index in [4.69, 9.17) is 4.43 Å². The third-order valence-corrected chi connectivity index (χ3v) is 2.58. The second-order valence-electron chi connectivity index (χ2n) is 2.59. The molecule has 0 N–H and O–H groups in total. The van der Waals surface area contributed by atoms with Crippen molar-refractivity contribution in [3.8, 4) is 0 Å². The summed E-state index contributed by atoms with van der Waals surface area (Å²) in [6.45, 7) is 0. The molecule has 1 nitrogen and oxygen atoms in total. The van der Waals surface area contributed by atoms with Crippen molar-refractivity contribution in [2.24, 2.45) is 0 Å². The van der Waals surface area contributed by atoms with Crippen LogP contribution in [0.3, 0.4) is 0 Å². The Morgan fingerprint density at radius 3 is 2.75 bits per heavy atom. The van der Waals surface area contributed by atoms with Gasteiger partial charge in [-0.3, -0.25) is 0 Å². The van der Waals surface area contributed by atoms with Gasteiger partial charge in [0.25, 0.3) is 0 Å². The molecular formula is C10H14OSi. The molecule has 0 radical (unpaired) electrons. The van der Waals surface area contributed by atoms with Gasteiger partial charge in [-0.1, -0.05) is 42.5 Å². The summed E-state index contributed by atoms with van der Waals surface area (Å²) >= 11 is 0. The van der Waals surface area contributed by atoms with Crippen LogP contribution in [0.2, 0.25) is 6.04 Å². The zero-order valence-electron chi connectivity index (χ0n) is 7.36. The lowest BCUT2D eigenvalue weighted by Gasteiger charge is -1.91. The minimum atomic E-state index is -0.281. The maximum absolute atomic E-state index is 5.07. The van der Waals surface area contributed by atoms with Crippen LogP contribution in [0.15, 0.2) is 36.4 Å². The maximum Gasteiger partial charge on any atom is 0.164 e. The molecule has 12 heavy (non-hydrogen) atoms. The lowest BCUT2D eigenvalue weighted by Crippen LogP contribution is -1.88. The van der Waals surface area contributed by atoms with Crippen LogP contribution in [-0.2, 0) is 4.43 Å². The van der Waals surface area contributed by atoms with Crippen LogP contribution in [0.25, 0.3) is 6.08 Å². The van der Waals surface area contributed by atoms with E-state index in [1.165, 1.54) is 5.56 Å². The second-order valence-corrected chi connectivity index (χ2v) is 4.16. The van der Waals surface area contributed by atoms with E-state index in [0.717, 1.165) is 6.04 Å². The smallest absolute Gasteiger partial charge is 0.164 e. The van der Waals surface area contributed by atoms with Gasteiger partial charge in [-0.15, -0.1) is 0 Å². The highest BCUT2D eigenvalue weighted by atomic mass is 28.2. The highest BCUT2D eigenvalue weighted by molar-refractivity contribution is 6.27. The summed E-state index contributed by atoms with van der Waals surface area (Å²) in [6, 6.07) is 11.4. The second kappa shape index (κ2) is 5.74. The summed E-state index contributed by atoms with van der Waals surface area (Å²) in [7, 11) is 1.50. The Hall–Kier alpha value is -0.863. The highest BCUT2D eigenvalue weighted by Crippen LogP contribution is 2.01. The van der Waals surface area contributed by atoms with Gasteiger partial charge in [0, 0.05) is 7.11 Å². The van der Waals surface area contributed by atoms with E-state index in [2.05, 4.69) is 24.3 Å². The fourth-order valence-corrected chi connectivity index (χ4v) is 1.51. The van der Waals surface area contributed by atoms with Crippen molar-refractivity contribution >= 4 is 15.8 Å². The molecule has 0 spiro atoms. The Labute approximate surface area is 76.0 Å². The van der Waals surface area contributed by atoms with E-state index in [9.17, 15) is 0 Å². The van der Waals surface area contributed by atoms with Crippen LogP contribution in [0.1, 0.15) is 5.56 Å². The monoisotopic (exact) mass is 178 g/mol. The standard InChI is InChI=1S/C10H14OSi/c1-11-12-9-5-8-10-6-3-2-4-7-10/h2-8H,9,12H2,1H3. The topological polar surface area (TPSA) is 9.23 Å². The molecule has 0 amide bonds. The molecule has 0 aliphatic rings. The molecule has 1 rings (SSSR count). The average Bonchev–Trinajstić information content (AvgIpc) is 2.14. The number of benzene rings is 1. The zero-order chi connectivity index (χ0) is 8.65. The molecule has 0 atom stereocenters. The highest BCUT2D eigenvalue weighted by Gasteiger charge is 1.82. The van der Waals surface area contributed by atoms with Crippen molar-refractivity contribution in [2.75, 3.05) is 7.11 Å². The van der Waals surface area contributed by atoms with E-state index in [-0.39, 0.29) is 9.76 Å². The molecule has 64 valence electrons. The maximum atomic E-state index is 5.07. The first-order valence-corrected chi connectivity index (χ1v) is 5.72. The predicted molar refractivity (Wildman–Crippen MR) is 55.8 cm³/mol. The molecule has 0 heterocycles. The van der Waals surface area contributed by atoms with Crippen molar-refractivity contribution in [1.29, 1.82) is 0 Å². The summed E-state index contributed by atoms with van der Waals surface area (Å²) in [5.74, 6) is 0. The summed E-state index contributed by atoms with van der Waals surface area (Å²) in [6.07, 6.45) is 4.33. The molecule has 0 aliphatic heterocycles. The van der Waals surface area contributed by atoms with Crippen LogP contribution in [0, 0.1) is 0 Å². The third kappa shape index (κ3) is 3.51. The van der Waals surface area contributed by atoms with Gasteiger partial charge in [0.05, 0.1) is 0 Å². The average molecular weight is 178 g/mol. The Morgan fingerprint density at radius 2 is 2.08 bits per heavy atom. The number of allylic oxidation sites excluding steroid dienone is 1. The van der Waals surface area contributed by atoms with Gasteiger partial charge in [0.15, 0.2) is 9.76 Å². The quantitative estimate of drug-likeness (QED) is 0.505.